The Bertz CT molecular complexity index is 2110. The van der Waals surface area contributed by atoms with Crippen LogP contribution < -0.4 is 43.8 Å². The zero-order valence-corrected chi connectivity index (χ0v) is 32.6. The summed E-state index contributed by atoms with van der Waals surface area (Å²) in [4.78, 5) is 89.1. The number of carbonyl (C=O) groups excluding carboxylic acids is 5. The van der Waals surface area contributed by atoms with E-state index in [0.29, 0.717) is 5.56 Å². The number of hydrogen-bond donors (Lipinski definition) is 12. The number of carboxylic acid groups (broad SMARTS) is 1. The molecule has 4 rings (SSSR count). The van der Waals surface area contributed by atoms with Gasteiger partial charge in [-0.15, -0.1) is 0 Å². The summed E-state index contributed by atoms with van der Waals surface area (Å²) in [6.07, 6.45) is 2.24. The zero-order valence-electron chi connectivity index (χ0n) is 32.6. The molecule has 0 bridgehead atoms. The van der Waals surface area contributed by atoms with Crippen molar-refractivity contribution in [3.8, 4) is 0 Å². The van der Waals surface area contributed by atoms with Crippen LogP contribution in [0.4, 0.5) is 0 Å². The molecular weight excluding hydrogens is 750 g/mol. The predicted molar refractivity (Wildman–Crippen MR) is 217 cm³/mol. The van der Waals surface area contributed by atoms with Crippen molar-refractivity contribution in [2.75, 3.05) is 13.1 Å². The molecule has 0 radical (unpaired) electrons. The number of carbonyl (C=O) groups is 6. The van der Waals surface area contributed by atoms with Crippen LogP contribution in [-0.2, 0) is 41.6 Å². The Morgan fingerprint density at radius 3 is 1.83 bits per heavy atom. The molecule has 0 aliphatic carbocycles. The molecular formula is C39H53N11O8. The molecule has 0 aliphatic rings. The van der Waals surface area contributed by atoms with Crippen LogP contribution >= 0.6 is 0 Å². The number of aliphatic carboxylic acids is 1. The number of carboxylic acids is 1. The first kappa shape index (κ1) is 44.2. The Balaban J connectivity index is 1.48. The second-order valence-electron chi connectivity index (χ2n) is 14.4. The highest BCUT2D eigenvalue weighted by Gasteiger charge is 2.34. The van der Waals surface area contributed by atoms with Crippen LogP contribution in [0, 0.1) is 5.92 Å². The van der Waals surface area contributed by atoms with Crippen LogP contribution in [0.25, 0.3) is 21.8 Å². The number of aliphatic imine (C=N–C) groups is 1. The van der Waals surface area contributed by atoms with Crippen LogP contribution in [0.2, 0.25) is 0 Å². The first-order valence-electron chi connectivity index (χ1n) is 18.9. The van der Waals surface area contributed by atoms with Crippen LogP contribution in [0.1, 0.15) is 44.7 Å². The molecule has 58 heavy (non-hydrogen) atoms. The van der Waals surface area contributed by atoms with Crippen LogP contribution in [0.5, 0.6) is 0 Å². The van der Waals surface area contributed by atoms with Gasteiger partial charge in [0, 0.05) is 47.2 Å². The van der Waals surface area contributed by atoms with Crippen molar-refractivity contribution in [1.82, 2.24) is 36.6 Å². The van der Waals surface area contributed by atoms with E-state index in [9.17, 15) is 39.0 Å². The van der Waals surface area contributed by atoms with E-state index >= 15 is 0 Å². The first-order valence-corrected chi connectivity index (χ1v) is 18.9. The third-order valence-corrected chi connectivity index (χ3v) is 9.50. The monoisotopic (exact) mass is 803 g/mol. The highest BCUT2D eigenvalue weighted by molar-refractivity contribution is 5.96. The Hall–Kier alpha value is -6.47. The molecule has 5 amide bonds. The Morgan fingerprint density at radius 2 is 1.28 bits per heavy atom. The summed E-state index contributed by atoms with van der Waals surface area (Å²) >= 11 is 0. The smallest absolute Gasteiger partial charge is 0.326 e. The van der Waals surface area contributed by atoms with Crippen molar-refractivity contribution < 1.29 is 39.0 Å². The molecule has 19 heteroatoms. The van der Waals surface area contributed by atoms with Gasteiger partial charge >= 0.3 is 5.97 Å². The maximum Gasteiger partial charge on any atom is 0.326 e. The molecule has 6 unspecified atom stereocenters. The lowest BCUT2D eigenvalue weighted by molar-refractivity contribution is -0.143. The molecule has 0 fully saturated rings. The summed E-state index contributed by atoms with van der Waals surface area (Å²) in [5, 5.41) is 34.6. The fourth-order valence-corrected chi connectivity index (χ4v) is 6.36. The predicted octanol–water partition coefficient (Wildman–Crippen LogP) is -1.01. The number of aliphatic hydroxyl groups excluding tert-OH is 1. The molecule has 2 aromatic carbocycles. The molecule has 4 aromatic rings. The van der Waals surface area contributed by atoms with Crippen LogP contribution in [0.3, 0.4) is 0 Å². The number of nitrogens with two attached hydrogens (primary N) is 3. The molecule has 0 saturated heterocycles. The number of aromatic amines is 2. The number of aromatic nitrogens is 2. The first-order chi connectivity index (χ1) is 27.5. The lowest BCUT2D eigenvalue weighted by Crippen LogP contribution is -2.61. The van der Waals surface area contributed by atoms with Gasteiger partial charge < -0.3 is 64.0 Å². The highest BCUT2D eigenvalue weighted by atomic mass is 16.4. The van der Waals surface area contributed by atoms with Gasteiger partial charge in [0.25, 0.3) is 0 Å². The second-order valence-corrected chi connectivity index (χ2v) is 14.4. The number of fused-ring (bicyclic) bond motifs is 2. The second kappa shape index (κ2) is 20.6. The Kier molecular flexibility index (Phi) is 15.7. The minimum absolute atomic E-state index is 0.0321. The van der Waals surface area contributed by atoms with E-state index < -0.39 is 84.3 Å². The van der Waals surface area contributed by atoms with E-state index in [4.69, 9.17) is 17.2 Å². The van der Waals surface area contributed by atoms with Crippen molar-refractivity contribution in [1.29, 1.82) is 0 Å². The minimum Gasteiger partial charge on any atom is -0.480 e. The van der Waals surface area contributed by atoms with E-state index in [-0.39, 0.29) is 38.2 Å². The SMILES string of the molecule is CC(C)C(NC(=O)C(CCCN=C(N)N)NC(=O)C(NC(=O)C(Cc1c[nH]c2ccccc12)NC(=O)CNC(=O)C(N)Cc1c[nH]c2ccccc12)C(C)O)C(=O)O. The van der Waals surface area contributed by atoms with Crippen molar-refractivity contribution in [3.63, 3.8) is 0 Å². The summed E-state index contributed by atoms with van der Waals surface area (Å²) in [7, 11) is 0. The average molecular weight is 804 g/mol. The molecule has 0 saturated carbocycles. The lowest BCUT2D eigenvalue weighted by atomic mass is 10.0. The van der Waals surface area contributed by atoms with Crippen molar-refractivity contribution in [2.24, 2.45) is 28.1 Å². The quantitative estimate of drug-likeness (QED) is 0.0275. The molecule has 2 aromatic heterocycles. The Morgan fingerprint density at radius 1 is 0.724 bits per heavy atom. The summed E-state index contributed by atoms with van der Waals surface area (Å²) in [5.41, 5.74) is 20.1. The fraction of sp³-hybridized carbons (Fsp3) is 0.410. The summed E-state index contributed by atoms with van der Waals surface area (Å²) in [5.74, 6) is -5.93. The zero-order chi connectivity index (χ0) is 42.5. The number of para-hydroxylation sites is 2. The Labute approximate surface area is 334 Å². The average Bonchev–Trinajstić information content (AvgIpc) is 3.78. The van der Waals surface area contributed by atoms with E-state index in [0.717, 1.165) is 27.4 Å². The van der Waals surface area contributed by atoms with Gasteiger partial charge in [-0.05, 0) is 55.4 Å². The molecule has 15 N–H and O–H groups in total. The van der Waals surface area contributed by atoms with E-state index in [1.54, 1.807) is 32.3 Å². The van der Waals surface area contributed by atoms with E-state index in [1.165, 1.54) is 6.92 Å². The van der Waals surface area contributed by atoms with Gasteiger partial charge in [-0.1, -0.05) is 50.2 Å². The summed E-state index contributed by atoms with van der Waals surface area (Å²) in [6, 6.07) is 8.31. The largest absolute Gasteiger partial charge is 0.480 e. The van der Waals surface area contributed by atoms with Gasteiger partial charge in [0.2, 0.25) is 29.5 Å². The number of nitrogens with one attached hydrogen (secondary N) is 7. The van der Waals surface area contributed by atoms with Gasteiger partial charge in [0.15, 0.2) is 5.96 Å². The maximum atomic E-state index is 14.0. The molecule has 0 spiro atoms. The number of amides is 5. The van der Waals surface area contributed by atoms with Gasteiger partial charge in [0.1, 0.15) is 24.2 Å². The van der Waals surface area contributed by atoms with Crippen molar-refractivity contribution >= 4 is 63.3 Å². The van der Waals surface area contributed by atoms with E-state index in [1.807, 2.05) is 42.5 Å². The number of hydrogen-bond acceptors (Lipinski definition) is 9. The normalized spacial score (nSPS) is 14.4. The molecule has 312 valence electrons. The van der Waals surface area contributed by atoms with Crippen LogP contribution in [0.15, 0.2) is 65.9 Å². The van der Waals surface area contributed by atoms with E-state index in [2.05, 4.69) is 41.5 Å². The number of benzene rings is 2. The number of H-pyrrole nitrogens is 2. The minimum atomic E-state index is -1.63. The number of rotatable bonds is 21. The van der Waals surface area contributed by atoms with Gasteiger partial charge in [-0.3, -0.25) is 29.0 Å². The molecule has 19 nitrogen and oxygen atoms in total. The highest BCUT2D eigenvalue weighted by Crippen LogP contribution is 2.20. The summed E-state index contributed by atoms with van der Waals surface area (Å²) < 4.78 is 0. The molecule has 2 heterocycles. The summed E-state index contributed by atoms with van der Waals surface area (Å²) in [6.45, 7) is 4.02. The lowest BCUT2D eigenvalue weighted by Gasteiger charge is -2.28. The van der Waals surface area contributed by atoms with Crippen LogP contribution in [-0.4, -0.2) is 111 Å². The van der Waals surface area contributed by atoms with Crippen molar-refractivity contribution in [2.45, 2.75) is 82.8 Å². The number of nitrogens with zero attached hydrogens (tertiary/aromatic N) is 1. The van der Waals surface area contributed by atoms with Gasteiger partial charge in [0.05, 0.1) is 18.7 Å². The third-order valence-electron chi connectivity index (χ3n) is 9.50. The molecule has 6 atom stereocenters. The van der Waals surface area contributed by atoms with Gasteiger partial charge in [-0.2, -0.15) is 0 Å². The number of aliphatic hydroxyl groups is 1. The number of guanidine groups is 1. The fourth-order valence-electron chi connectivity index (χ4n) is 6.36. The molecule has 0 aliphatic heterocycles. The maximum absolute atomic E-state index is 14.0. The standard InChI is InChI=1S/C39H53N11O8/c1-20(2)32(38(57)58)49-35(54)29(13-8-14-43-39(41)42)48-37(56)33(21(3)51)50-36(55)30(16-23-18-45-28-12-7-5-10-25(23)28)47-31(52)19-46-34(53)26(40)15-22-17-44-27-11-6-4-9-24(22)27/h4-7,9-12,17-18,20-21,26,29-30,32-33,44-45,51H,8,13-16,19,40H2,1-3H3,(H,46,53)(H,47,52)(H,48,56)(H,49,54)(H,50,55)(H,57,58)(H4,41,42,43). The third kappa shape index (κ3) is 12.3. The van der Waals surface area contributed by atoms with Gasteiger partial charge in [-0.25, -0.2) is 4.79 Å². The van der Waals surface area contributed by atoms with Crippen molar-refractivity contribution in [3.05, 3.63) is 72.1 Å². The topological polar surface area (TPSA) is 325 Å².